The third kappa shape index (κ3) is 5.59. The van der Waals surface area contributed by atoms with Crippen LogP contribution in [0.2, 0.25) is 0 Å². The van der Waals surface area contributed by atoms with Gasteiger partial charge in [-0.05, 0) is 86.9 Å². The molecule has 0 unspecified atom stereocenters. The predicted molar refractivity (Wildman–Crippen MR) is 261 cm³/mol. The zero-order valence-corrected chi connectivity index (χ0v) is 34.6. The molecule has 294 valence electrons. The Hall–Kier alpha value is -7.88. The van der Waals surface area contributed by atoms with Crippen LogP contribution in [0.3, 0.4) is 0 Å². The van der Waals surface area contributed by atoms with E-state index in [9.17, 15) is 0 Å². The molecule has 0 aliphatic carbocycles. The van der Waals surface area contributed by atoms with Crippen LogP contribution in [0.1, 0.15) is 25.0 Å². The summed E-state index contributed by atoms with van der Waals surface area (Å²) in [4.78, 5) is 4.98. The van der Waals surface area contributed by atoms with Gasteiger partial charge in [-0.1, -0.05) is 184 Å². The van der Waals surface area contributed by atoms with Gasteiger partial charge >= 0.3 is 0 Å². The zero-order chi connectivity index (χ0) is 41.4. The van der Waals surface area contributed by atoms with Crippen LogP contribution < -0.4 is 9.80 Å². The topological polar surface area (TPSA) is 19.6 Å². The highest BCUT2D eigenvalue weighted by Crippen LogP contribution is 2.58. The number of furan rings is 1. The first-order valence-electron chi connectivity index (χ1n) is 21.4. The van der Waals surface area contributed by atoms with Gasteiger partial charge in [0.05, 0.1) is 28.4 Å². The number of benzene rings is 10. The number of anilines is 6. The van der Waals surface area contributed by atoms with Crippen LogP contribution >= 0.6 is 0 Å². The first-order chi connectivity index (χ1) is 30.5. The summed E-state index contributed by atoms with van der Waals surface area (Å²) in [5.41, 5.74) is 15.2. The van der Waals surface area contributed by atoms with E-state index in [1.54, 1.807) is 0 Å². The zero-order valence-electron chi connectivity index (χ0n) is 34.6. The average Bonchev–Trinajstić information content (AvgIpc) is 3.72. The summed E-state index contributed by atoms with van der Waals surface area (Å²) in [6.07, 6.45) is 0. The summed E-state index contributed by atoms with van der Waals surface area (Å²) in [5, 5.41) is 7.05. The SMILES string of the molecule is CC1(C)c2ccccc2N(c2c(-c3ccc4ccccc4c3)ccc3ccccc23)c2cccc(N(c3ccc(-c4ccccc4)cc3)c3cccc4c3oc3ccccc34)c21. The molecule has 12 rings (SSSR count). The van der Waals surface area contributed by atoms with Crippen LogP contribution in [0.5, 0.6) is 0 Å². The summed E-state index contributed by atoms with van der Waals surface area (Å²) in [6.45, 7) is 4.77. The highest BCUT2D eigenvalue weighted by atomic mass is 16.3. The third-order valence-electron chi connectivity index (χ3n) is 13.0. The second-order valence-electron chi connectivity index (χ2n) is 16.9. The minimum Gasteiger partial charge on any atom is -0.454 e. The molecular weight excluding hydrogens is 753 g/mol. The molecule has 62 heavy (non-hydrogen) atoms. The van der Waals surface area contributed by atoms with Crippen LogP contribution in [0.25, 0.3) is 65.7 Å². The molecule has 0 N–H and O–H groups in total. The molecule has 1 aromatic heterocycles. The highest BCUT2D eigenvalue weighted by molar-refractivity contribution is 6.12. The quantitative estimate of drug-likeness (QED) is 0.167. The summed E-state index contributed by atoms with van der Waals surface area (Å²) >= 11 is 0. The van der Waals surface area contributed by atoms with Gasteiger partial charge in [-0.25, -0.2) is 0 Å². The first kappa shape index (κ1) is 36.0. The molecule has 0 spiro atoms. The van der Waals surface area contributed by atoms with Crippen LogP contribution in [-0.2, 0) is 5.41 Å². The van der Waals surface area contributed by atoms with E-state index >= 15 is 0 Å². The lowest BCUT2D eigenvalue weighted by Gasteiger charge is -2.45. The molecule has 11 aromatic rings. The van der Waals surface area contributed by atoms with Gasteiger partial charge < -0.3 is 14.2 Å². The maximum Gasteiger partial charge on any atom is 0.159 e. The lowest BCUT2D eigenvalue weighted by atomic mass is 9.72. The Bertz CT molecular complexity index is 3510. The Morgan fingerprint density at radius 3 is 1.90 bits per heavy atom. The van der Waals surface area contributed by atoms with E-state index in [-0.39, 0.29) is 0 Å². The van der Waals surface area contributed by atoms with Gasteiger partial charge in [0.25, 0.3) is 0 Å². The van der Waals surface area contributed by atoms with E-state index in [1.165, 1.54) is 60.6 Å². The Balaban J connectivity index is 1.15. The minimum atomic E-state index is -0.406. The Morgan fingerprint density at radius 1 is 0.435 bits per heavy atom. The normalized spacial score (nSPS) is 13.1. The highest BCUT2D eigenvalue weighted by Gasteiger charge is 2.41. The number of rotatable bonds is 6. The van der Waals surface area contributed by atoms with E-state index in [0.29, 0.717) is 0 Å². The fourth-order valence-corrected chi connectivity index (χ4v) is 10.1. The van der Waals surface area contributed by atoms with Gasteiger partial charge in [0.1, 0.15) is 5.58 Å². The van der Waals surface area contributed by atoms with Gasteiger partial charge in [-0.2, -0.15) is 0 Å². The van der Waals surface area contributed by atoms with E-state index in [0.717, 1.165) is 50.4 Å². The molecule has 0 atom stereocenters. The van der Waals surface area contributed by atoms with Crippen LogP contribution in [-0.4, -0.2) is 0 Å². The fourth-order valence-electron chi connectivity index (χ4n) is 10.1. The number of para-hydroxylation sites is 3. The smallest absolute Gasteiger partial charge is 0.159 e. The second-order valence-corrected chi connectivity index (χ2v) is 16.9. The molecule has 3 nitrogen and oxygen atoms in total. The molecule has 0 fully saturated rings. The molecule has 3 heteroatoms. The van der Waals surface area contributed by atoms with Crippen molar-refractivity contribution in [2.75, 3.05) is 9.80 Å². The molecule has 0 saturated heterocycles. The molecule has 10 aromatic carbocycles. The third-order valence-corrected chi connectivity index (χ3v) is 13.0. The van der Waals surface area contributed by atoms with Crippen LogP contribution in [0.4, 0.5) is 34.1 Å². The summed E-state index contributed by atoms with van der Waals surface area (Å²) < 4.78 is 6.83. The summed E-state index contributed by atoms with van der Waals surface area (Å²) in [7, 11) is 0. The van der Waals surface area contributed by atoms with Crippen molar-refractivity contribution in [3.05, 3.63) is 230 Å². The Morgan fingerprint density at radius 2 is 1.05 bits per heavy atom. The van der Waals surface area contributed by atoms with Gasteiger partial charge in [-0.3, -0.25) is 0 Å². The maximum absolute atomic E-state index is 6.83. The largest absolute Gasteiger partial charge is 0.454 e. The lowest BCUT2D eigenvalue weighted by molar-refractivity contribution is 0.632. The van der Waals surface area contributed by atoms with Crippen molar-refractivity contribution in [2.45, 2.75) is 19.3 Å². The molecule has 0 saturated carbocycles. The van der Waals surface area contributed by atoms with Crippen molar-refractivity contribution in [2.24, 2.45) is 0 Å². The minimum absolute atomic E-state index is 0.406. The lowest BCUT2D eigenvalue weighted by Crippen LogP contribution is -2.32. The van der Waals surface area contributed by atoms with Crippen molar-refractivity contribution in [3.8, 4) is 22.3 Å². The molecule has 1 aliphatic rings. The second kappa shape index (κ2) is 14.1. The molecule has 2 heterocycles. The van der Waals surface area contributed by atoms with Crippen molar-refractivity contribution in [1.82, 2.24) is 0 Å². The Labute approximate surface area is 361 Å². The number of nitrogens with zero attached hydrogens (tertiary/aromatic N) is 2. The monoisotopic (exact) mass is 794 g/mol. The Kier molecular flexibility index (Phi) is 8.20. The predicted octanol–water partition coefficient (Wildman–Crippen LogP) is 16.8. The average molecular weight is 795 g/mol. The number of fused-ring (bicyclic) bond motifs is 7. The number of hydrogen-bond acceptors (Lipinski definition) is 3. The van der Waals surface area contributed by atoms with Crippen molar-refractivity contribution >= 4 is 77.6 Å². The number of hydrogen-bond donors (Lipinski definition) is 0. The van der Waals surface area contributed by atoms with Crippen molar-refractivity contribution in [3.63, 3.8) is 0 Å². The van der Waals surface area contributed by atoms with E-state index < -0.39 is 5.41 Å². The molecular formula is C59H42N2O. The molecule has 0 radical (unpaired) electrons. The van der Waals surface area contributed by atoms with Gasteiger partial charge in [0, 0.05) is 38.4 Å². The fraction of sp³-hybridized carbons (Fsp3) is 0.0508. The van der Waals surface area contributed by atoms with Gasteiger partial charge in [-0.15, -0.1) is 0 Å². The molecule has 1 aliphatic heterocycles. The first-order valence-corrected chi connectivity index (χ1v) is 21.4. The van der Waals surface area contributed by atoms with Crippen LogP contribution in [0, 0.1) is 0 Å². The summed E-state index contributed by atoms with van der Waals surface area (Å²) in [5.74, 6) is 0. The maximum atomic E-state index is 6.83. The van der Waals surface area contributed by atoms with Crippen molar-refractivity contribution in [1.29, 1.82) is 0 Å². The van der Waals surface area contributed by atoms with E-state index in [2.05, 4.69) is 236 Å². The standard InChI is InChI=1S/C59H42N2O/c1-59(2)50-24-11-12-25-51(50)61(57-46-21-9-8-19-42(46)34-37-47(57)44-31-30-40-18-6-7-20-43(40)38-44)53-27-15-26-52(56(53)59)60(45-35-32-41(33-36-45)39-16-4-3-5-17-39)54-28-14-23-49-48-22-10-13-29-55(48)62-58(49)54/h3-38H,1-2H3. The van der Waals surface area contributed by atoms with Crippen molar-refractivity contribution < 1.29 is 4.42 Å². The summed E-state index contributed by atoms with van der Waals surface area (Å²) in [6, 6.07) is 79.3. The van der Waals surface area contributed by atoms with Crippen LogP contribution in [0.15, 0.2) is 223 Å². The van der Waals surface area contributed by atoms with E-state index in [1.807, 2.05) is 6.07 Å². The van der Waals surface area contributed by atoms with E-state index in [4.69, 9.17) is 4.42 Å². The van der Waals surface area contributed by atoms with Gasteiger partial charge in [0.2, 0.25) is 0 Å². The molecule has 0 amide bonds. The molecule has 0 bridgehead atoms. The van der Waals surface area contributed by atoms with Gasteiger partial charge in [0.15, 0.2) is 5.58 Å².